The first-order chi connectivity index (χ1) is 12.0. The molecule has 0 saturated heterocycles. The van der Waals surface area contributed by atoms with Crippen molar-refractivity contribution in [3.63, 3.8) is 0 Å². The van der Waals surface area contributed by atoms with Crippen LogP contribution in [0.25, 0.3) is 0 Å². The molecule has 3 rings (SSSR count). The molecular formula is C17H15N3O5. The van der Waals surface area contributed by atoms with Gasteiger partial charge in [-0.2, -0.15) is 5.01 Å². The summed E-state index contributed by atoms with van der Waals surface area (Å²) in [6.45, 7) is 1.32. The fourth-order valence-electron chi connectivity index (χ4n) is 2.56. The summed E-state index contributed by atoms with van der Waals surface area (Å²) in [5.74, 6) is 0.289. The summed E-state index contributed by atoms with van der Waals surface area (Å²) in [5, 5.41) is 16.6. The predicted octanol–water partition coefficient (Wildman–Crippen LogP) is 2.84. The molecule has 0 radical (unpaired) electrons. The average molecular weight is 341 g/mol. The number of para-hydroxylation sites is 2. The molecule has 0 fully saturated rings. The van der Waals surface area contributed by atoms with Gasteiger partial charge in [0.15, 0.2) is 0 Å². The SMILES string of the molecule is COc1ccccc1C1=NN(C(C)=O)C(c2ccccc2[N+](=O)[O-])O1. The van der Waals surface area contributed by atoms with Gasteiger partial charge in [0.25, 0.3) is 5.69 Å². The van der Waals surface area contributed by atoms with Crippen LogP contribution in [0.1, 0.15) is 24.3 Å². The van der Waals surface area contributed by atoms with Crippen molar-refractivity contribution in [1.82, 2.24) is 5.01 Å². The Hall–Kier alpha value is -3.42. The molecule has 25 heavy (non-hydrogen) atoms. The van der Waals surface area contributed by atoms with Crippen molar-refractivity contribution in [2.24, 2.45) is 5.10 Å². The highest BCUT2D eigenvalue weighted by Gasteiger charge is 2.37. The van der Waals surface area contributed by atoms with Crippen molar-refractivity contribution in [3.05, 3.63) is 69.8 Å². The number of nitro benzene ring substituents is 1. The van der Waals surface area contributed by atoms with Gasteiger partial charge in [-0.3, -0.25) is 14.9 Å². The molecule has 2 aromatic carbocycles. The van der Waals surface area contributed by atoms with Gasteiger partial charge < -0.3 is 9.47 Å². The van der Waals surface area contributed by atoms with Gasteiger partial charge in [0.1, 0.15) is 5.75 Å². The molecule has 0 saturated carbocycles. The van der Waals surface area contributed by atoms with Gasteiger partial charge >= 0.3 is 0 Å². The van der Waals surface area contributed by atoms with E-state index in [-0.39, 0.29) is 17.1 Å². The number of nitro groups is 1. The highest BCUT2D eigenvalue weighted by molar-refractivity contribution is 5.98. The Morgan fingerprint density at radius 3 is 2.60 bits per heavy atom. The quantitative estimate of drug-likeness (QED) is 0.629. The van der Waals surface area contributed by atoms with E-state index < -0.39 is 17.1 Å². The molecule has 128 valence electrons. The summed E-state index contributed by atoms with van der Waals surface area (Å²) in [7, 11) is 1.51. The number of nitrogens with zero attached hydrogens (tertiary/aromatic N) is 3. The largest absolute Gasteiger partial charge is 0.496 e. The maximum absolute atomic E-state index is 12.0. The standard InChI is InChI=1S/C17H15N3O5/c1-11(21)19-17(12-7-3-5-9-14(12)20(22)23)25-16(18-19)13-8-4-6-10-15(13)24-2/h3-10,17H,1-2H3. The molecule has 1 aliphatic heterocycles. The zero-order chi connectivity index (χ0) is 18.0. The zero-order valence-electron chi connectivity index (χ0n) is 13.6. The third kappa shape index (κ3) is 3.01. The Kier molecular flexibility index (Phi) is 4.34. The van der Waals surface area contributed by atoms with Crippen LogP contribution in [0.15, 0.2) is 53.6 Å². The number of carbonyl (C=O) groups is 1. The van der Waals surface area contributed by atoms with Crippen LogP contribution in [0.3, 0.4) is 0 Å². The fourth-order valence-corrected chi connectivity index (χ4v) is 2.56. The Morgan fingerprint density at radius 2 is 1.92 bits per heavy atom. The van der Waals surface area contributed by atoms with Crippen molar-refractivity contribution >= 4 is 17.5 Å². The van der Waals surface area contributed by atoms with E-state index in [1.807, 2.05) is 0 Å². The molecule has 1 amide bonds. The third-order valence-electron chi connectivity index (χ3n) is 3.70. The second kappa shape index (κ2) is 6.60. The molecule has 8 heteroatoms. The Balaban J connectivity index is 2.04. The van der Waals surface area contributed by atoms with Gasteiger partial charge in [0, 0.05) is 13.0 Å². The van der Waals surface area contributed by atoms with Crippen LogP contribution in [0.4, 0.5) is 5.69 Å². The van der Waals surface area contributed by atoms with E-state index in [9.17, 15) is 14.9 Å². The summed E-state index contributed by atoms with van der Waals surface area (Å²) in [4.78, 5) is 22.8. The topological polar surface area (TPSA) is 94.3 Å². The average Bonchev–Trinajstić information content (AvgIpc) is 3.07. The van der Waals surface area contributed by atoms with Crippen LogP contribution < -0.4 is 4.74 Å². The fraction of sp³-hybridized carbons (Fsp3) is 0.176. The summed E-state index contributed by atoms with van der Waals surface area (Å²) in [5.41, 5.74) is 0.656. The summed E-state index contributed by atoms with van der Waals surface area (Å²) < 4.78 is 11.1. The minimum Gasteiger partial charge on any atom is -0.496 e. The molecule has 1 unspecified atom stereocenters. The number of carbonyl (C=O) groups excluding carboxylic acids is 1. The highest BCUT2D eigenvalue weighted by Crippen LogP contribution is 2.36. The lowest BCUT2D eigenvalue weighted by molar-refractivity contribution is -0.386. The van der Waals surface area contributed by atoms with E-state index in [1.165, 1.54) is 20.1 Å². The summed E-state index contributed by atoms with van der Waals surface area (Å²) >= 11 is 0. The first-order valence-electron chi connectivity index (χ1n) is 7.44. The van der Waals surface area contributed by atoms with Crippen LogP contribution in [-0.2, 0) is 9.53 Å². The van der Waals surface area contributed by atoms with Crippen molar-refractivity contribution in [3.8, 4) is 5.75 Å². The number of ether oxygens (including phenoxy) is 2. The third-order valence-corrected chi connectivity index (χ3v) is 3.70. The number of hydrazone groups is 1. The van der Waals surface area contributed by atoms with Gasteiger partial charge in [-0.1, -0.05) is 24.3 Å². The molecule has 1 atom stereocenters. The molecule has 1 heterocycles. The summed E-state index contributed by atoms with van der Waals surface area (Å²) in [6.07, 6.45) is -1.01. The molecule has 0 spiro atoms. The minimum absolute atomic E-state index is 0.143. The lowest BCUT2D eigenvalue weighted by atomic mass is 10.1. The first-order valence-corrected chi connectivity index (χ1v) is 7.44. The van der Waals surface area contributed by atoms with Gasteiger partial charge in [-0.05, 0) is 18.2 Å². The monoisotopic (exact) mass is 341 g/mol. The lowest BCUT2D eigenvalue weighted by Crippen LogP contribution is -2.25. The smallest absolute Gasteiger partial charge is 0.278 e. The molecule has 0 aliphatic carbocycles. The highest BCUT2D eigenvalue weighted by atomic mass is 16.6. The number of methoxy groups -OCH3 is 1. The number of benzene rings is 2. The molecule has 0 aromatic heterocycles. The number of hydrogen-bond donors (Lipinski definition) is 0. The van der Waals surface area contributed by atoms with E-state index in [0.717, 1.165) is 5.01 Å². The van der Waals surface area contributed by atoms with Crippen LogP contribution in [0.2, 0.25) is 0 Å². The number of rotatable bonds is 4. The van der Waals surface area contributed by atoms with Gasteiger partial charge in [-0.15, -0.1) is 5.10 Å². The molecule has 0 N–H and O–H groups in total. The van der Waals surface area contributed by atoms with Crippen LogP contribution >= 0.6 is 0 Å². The Labute approximate surface area is 143 Å². The zero-order valence-corrected chi connectivity index (χ0v) is 13.6. The van der Waals surface area contributed by atoms with Crippen molar-refractivity contribution in [1.29, 1.82) is 0 Å². The molecule has 8 nitrogen and oxygen atoms in total. The van der Waals surface area contributed by atoms with Gasteiger partial charge in [0.05, 0.1) is 23.2 Å². The molecular weight excluding hydrogens is 326 g/mol. The summed E-state index contributed by atoms with van der Waals surface area (Å²) in [6, 6.07) is 13.1. The van der Waals surface area contributed by atoms with E-state index in [4.69, 9.17) is 9.47 Å². The van der Waals surface area contributed by atoms with Crippen LogP contribution in [0, 0.1) is 10.1 Å². The van der Waals surface area contributed by atoms with E-state index >= 15 is 0 Å². The second-order valence-electron chi connectivity index (χ2n) is 5.26. The van der Waals surface area contributed by atoms with Crippen molar-refractivity contribution in [2.45, 2.75) is 13.2 Å². The van der Waals surface area contributed by atoms with E-state index in [2.05, 4.69) is 5.10 Å². The number of hydrogen-bond acceptors (Lipinski definition) is 6. The normalized spacial score (nSPS) is 16.2. The maximum atomic E-state index is 12.0. The number of amides is 1. The Bertz CT molecular complexity index is 865. The first kappa shape index (κ1) is 16.4. The van der Waals surface area contributed by atoms with E-state index in [1.54, 1.807) is 42.5 Å². The molecule has 1 aliphatic rings. The van der Waals surface area contributed by atoms with E-state index in [0.29, 0.717) is 11.3 Å². The lowest BCUT2D eigenvalue weighted by Gasteiger charge is -2.19. The second-order valence-corrected chi connectivity index (χ2v) is 5.26. The van der Waals surface area contributed by atoms with Crippen molar-refractivity contribution < 1.29 is 19.2 Å². The maximum Gasteiger partial charge on any atom is 0.278 e. The molecule has 2 aromatic rings. The van der Waals surface area contributed by atoms with Crippen LogP contribution in [0.5, 0.6) is 5.75 Å². The van der Waals surface area contributed by atoms with Gasteiger partial charge in [0.2, 0.25) is 18.0 Å². The molecule has 0 bridgehead atoms. The van der Waals surface area contributed by atoms with Gasteiger partial charge in [-0.25, -0.2) is 0 Å². The predicted molar refractivity (Wildman–Crippen MR) is 89.0 cm³/mol. The minimum atomic E-state index is -1.01. The van der Waals surface area contributed by atoms with Crippen LogP contribution in [-0.4, -0.2) is 28.8 Å². The Morgan fingerprint density at radius 1 is 1.24 bits per heavy atom. The van der Waals surface area contributed by atoms with Crippen molar-refractivity contribution in [2.75, 3.05) is 7.11 Å².